The van der Waals surface area contributed by atoms with E-state index in [9.17, 15) is 0 Å². The Morgan fingerprint density at radius 1 is 1.39 bits per heavy atom. The van der Waals surface area contributed by atoms with Crippen molar-refractivity contribution in [2.45, 2.75) is 19.8 Å². The van der Waals surface area contributed by atoms with Crippen molar-refractivity contribution >= 4 is 5.82 Å². The molecule has 2 rings (SSSR count). The average molecular weight is 249 g/mol. The maximum Gasteiger partial charge on any atom is 0.137 e. The van der Waals surface area contributed by atoms with Crippen LogP contribution in [-0.4, -0.2) is 38.3 Å². The summed E-state index contributed by atoms with van der Waals surface area (Å²) in [6.45, 7) is 6.60. The Hall–Kier alpha value is -1.29. The Morgan fingerprint density at radius 3 is 2.72 bits per heavy atom. The van der Waals surface area contributed by atoms with Gasteiger partial charge in [-0.25, -0.2) is 4.98 Å². The normalized spacial score (nSPS) is 16.6. The lowest BCUT2D eigenvalue weighted by Crippen LogP contribution is -2.36. The zero-order valence-corrected chi connectivity index (χ0v) is 11.4. The maximum atomic E-state index is 5.14. The van der Waals surface area contributed by atoms with Gasteiger partial charge in [0.2, 0.25) is 0 Å². The summed E-state index contributed by atoms with van der Waals surface area (Å²) in [5.41, 5.74) is 0. The largest absolute Gasteiger partial charge is 0.495 e. The minimum Gasteiger partial charge on any atom is -0.495 e. The third kappa shape index (κ3) is 3.35. The van der Waals surface area contributed by atoms with Crippen LogP contribution < -0.4 is 15.0 Å². The van der Waals surface area contributed by atoms with Crippen LogP contribution in [0.2, 0.25) is 0 Å². The molecule has 1 aromatic heterocycles. The minimum atomic E-state index is 0.787. The monoisotopic (exact) mass is 249 g/mol. The first kappa shape index (κ1) is 13.1. The molecule has 4 nitrogen and oxygen atoms in total. The second kappa shape index (κ2) is 6.59. The maximum absolute atomic E-state index is 5.14. The molecule has 0 aliphatic carbocycles. The molecule has 0 radical (unpaired) electrons. The van der Waals surface area contributed by atoms with Crippen molar-refractivity contribution in [3.63, 3.8) is 0 Å². The molecule has 1 fully saturated rings. The van der Waals surface area contributed by atoms with Crippen LogP contribution in [0, 0.1) is 5.92 Å². The van der Waals surface area contributed by atoms with Gasteiger partial charge in [0.1, 0.15) is 11.6 Å². The fraction of sp³-hybridized carbons (Fsp3) is 0.643. The van der Waals surface area contributed by atoms with Crippen molar-refractivity contribution in [3.05, 3.63) is 18.3 Å². The van der Waals surface area contributed by atoms with Crippen LogP contribution in [-0.2, 0) is 0 Å². The van der Waals surface area contributed by atoms with E-state index in [1.54, 1.807) is 13.3 Å². The zero-order chi connectivity index (χ0) is 12.8. The molecule has 4 heteroatoms. The fourth-order valence-corrected chi connectivity index (χ4v) is 2.44. The average Bonchev–Trinajstić information content (AvgIpc) is 2.46. The molecule has 0 unspecified atom stereocenters. The van der Waals surface area contributed by atoms with Crippen molar-refractivity contribution in [3.8, 4) is 5.75 Å². The van der Waals surface area contributed by atoms with Gasteiger partial charge in [-0.3, -0.25) is 0 Å². The lowest BCUT2D eigenvalue weighted by Gasteiger charge is -2.30. The minimum absolute atomic E-state index is 0.787. The summed E-state index contributed by atoms with van der Waals surface area (Å²) in [5.74, 6) is 2.66. The number of rotatable bonds is 5. The van der Waals surface area contributed by atoms with Gasteiger partial charge in [-0.15, -0.1) is 0 Å². The van der Waals surface area contributed by atoms with E-state index < -0.39 is 0 Å². The smallest absolute Gasteiger partial charge is 0.137 e. The number of anilines is 1. The molecule has 0 spiro atoms. The molecule has 1 aliphatic heterocycles. The number of hydrogen-bond donors (Lipinski definition) is 1. The molecule has 1 N–H and O–H groups in total. The fourth-order valence-electron chi connectivity index (χ4n) is 2.44. The van der Waals surface area contributed by atoms with Crippen LogP contribution >= 0.6 is 0 Å². The predicted molar refractivity (Wildman–Crippen MR) is 74.3 cm³/mol. The Labute approximate surface area is 109 Å². The van der Waals surface area contributed by atoms with Gasteiger partial charge in [-0.1, -0.05) is 0 Å². The third-order valence-corrected chi connectivity index (χ3v) is 3.60. The highest BCUT2D eigenvalue weighted by Crippen LogP contribution is 2.19. The first-order valence-electron chi connectivity index (χ1n) is 6.79. The number of pyridine rings is 1. The lowest BCUT2D eigenvalue weighted by molar-refractivity contribution is 0.374. The quantitative estimate of drug-likeness (QED) is 0.865. The van der Waals surface area contributed by atoms with Crippen molar-refractivity contribution in [2.75, 3.05) is 38.2 Å². The number of hydrogen-bond acceptors (Lipinski definition) is 4. The molecule has 0 bridgehead atoms. The summed E-state index contributed by atoms with van der Waals surface area (Å²) in [6, 6.07) is 4.02. The molecule has 100 valence electrons. The summed E-state index contributed by atoms with van der Waals surface area (Å²) in [5, 5.41) is 3.41. The van der Waals surface area contributed by atoms with E-state index in [0.717, 1.165) is 43.7 Å². The van der Waals surface area contributed by atoms with Crippen LogP contribution in [0.5, 0.6) is 5.75 Å². The van der Waals surface area contributed by atoms with Crippen molar-refractivity contribution < 1.29 is 4.74 Å². The number of methoxy groups -OCH3 is 1. The first-order chi connectivity index (χ1) is 8.83. The molecule has 1 aromatic rings. The number of ether oxygens (including phenoxy) is 1. The number of nitrogens with zero attached hydrogens (tertiary/aromatic N) is 2. The van der Waals surface area contributed by atoms with E-state index in [4.69, 9.17) is 4.74 Å². The number of nitrogens with one attached hydrogen (secondary N) is 1. The SMILES string of the molecule is CCN(CC1CCNCC1)c1ccc(OC)cn1. The highest BCUT2D eigenvalue weighted by molar-refractivity contribution is 5.40. The lowest BCUT2D eigenvalue weighted by atomic mass is 9.97. The van der Waals surface area contributed by atoms with Crippen molar-refractivity contribution in [2.24, 2.45) is 5.92 Å². The van der Waals surface area contributed by atoms with Gasteiger partial charge in [0.25, 0.3) is 0 Å². The van der Waals surface area contributed by atoms with Gasteiger partial charge < -0.3 is 15.0 Å². The van der Waals surface area contributed by atoms with E-state index >= 15 is 0 Å². The molecular weight excluding hydrogens is 226 g/mol. The Kier molecular flexibility index (Phi) is 4.81. The summed E-state index contributed by atoms with van der Waals surface area (Å²) in [7, 11) is 1.67. The van der Waals surface area contributed by atoms with Gasteiger partial charge in [0.15, 0.2) is 0 Å². The zero-order valence-electron chi connectivity index (χ0n) is 11.4. The van der Waals surface area contributed by atoms with E-state index in [0.29, 0.717) is 0 Å². The van der Waals surface area contributed by atoms with Gasteiger partial charge >= 0.3 is 0 Å². The molecule has 1 saturated heterocycles. The highest BCUT2D eigenvalue weighted by atomic mass is 16.5. The standard InChI is InChI=1S/C14H23N3O/c1-3-17(11-12-6-8-15-9-7-12)14-5-4-13(18-2)10-16-14/h4-5,10,12,15H,3,6-9,11H2,1-2H3. The molecular formula is C14H23N3O. The van der Waals surface area contributed by atoms with Gasteiger partial charge in [0.05, 0.1) is 13.3 Å². The van der Waals surface area contributed by atoms with E-state index in [1.807, 2.05) is 12.1 Å². The first-order valence-corrected chi connectivity index (χ1v) is 6.79. The molecule has 0 saturated carbocycles. The molecule has 1 aliphatic rings. The number of piperidine rings is 1. The Morgan fingerprint density at radius 2 is 2.17 bits per heavy atom. The van der Waals surface area contributed by atoms with Crippen molar-refractivity contribution in [1.82, 2.24) is 10.3 Å². The van der Waals surface area contributed by atoms with Crippen LogP contribution in [0.4, 0.5) is 5.82 Å². The van der Waals surface area contributed by atoms with Crippen LogP contribution in [0.3, 0.4) is 0 Å². The van der Waals surface area contributed by atoms with E-state index in [2.05, 4.69) is 22.1 Å². The summed E-state index contributed by atoms with van der Waals surface area (Å²) < 4.78 is 5.14. The van der Waals surface area contributed by atoms with Crippen LogP contribution in [0.1, 0.15) is 19.8 Å². The highest BCUT2D eigenvalue weighted by Gasteiger charge is 2.17. The topological polar surface area (TPSA) is 37.4 Å². The van der Waals surface area contributed by atoms with E-state index in [1.165, 1.54) is 12.8 Å². The summed E-state index contributed by atoms with van der Waals surface area (Å²) >= 11 is 0. The van der Waals surface area contributed by atoms with Gasteiger partial charge in [-0.2, -0.15) is 0 Å². The van der Waals surface area contributed by atoms with Crippen molar-refractivity contribution in [1.29, 1.82) is 0 Å². The van der Waals surface area contributed by atoms with E-state index in [-0.39, 0.29) is 0 Å². The molecule has 0 aromatic carbocycles. The predicted octanol–water partition coefficient (Wildman–Crippen LogP) is 1.92. The molecule has 2 heterocycles. The van der Waals surface area contributed by atoms with Gasteiger partial charge in [0, 0.05) is 13.1 Å². The summed E-state index contributed by atoms with van der Waals surface area (Å²) in [4.78, 5) is 6.83. The van der Waals surface area contributed by atoms with Crippen LogP contribution in [0.25, 0.3) is 0 Å². The number of aromatic nitrogens is 1. The molecule has 18 heavy (non-hydrogen) atoms. The Balaban J connectivity index is 1.97. The third-order valence-electron chi connectivity index (χ3n) is 3.60. The van der Waals surface area contributed by atoms with Gasteiger partial charge in [-0.05, 0) is 50.9 Å². The molecule has 0 atom stereocenters. The van der Waals surface area contributed by atoms with Crippen LogP contribution in [0.15, 0.2) is 18.3 Å². The second-order valence-electron chi connectivity index (χ2n) is 4.79. The summed E-state index contributed by atoms with van der Waals surface area (Å²) in [6.07, 6.45) is 4.33. The molecule has 0 amide bonds. The second-order valence-corrected chi connectivity index (χ2v) is 4.79. The Bertz CT molecular complexity index is 347.